The van der Waals surface area contributed by atoms with Crippen LogP contribution in [0.25, 0.3) is 11.1 Å². The first kappa shape index (κ1) is 45.9. The molecule has 0 amide bonds. The standard InChI is InChI=1S/C57H54O8SSi/c1-57(2,3)67(43-29-15-7-16-30-43,44-31-17-8-18-32-44)62-39-50-51(60-37-40-23-9-4-10-24-40)52(65-56(59)61-38-49-47-35-21-19-33-45(47)46-34-20-22-36-48(46)49)53(64-54(58)41-25-11-5-12-26-41)55(63-50)66-42-27-13-6-14-28-42/h4-36,49-53,55H,37-39H2,1-3H3/t50-,51-,52+,53-,55+/m1/s1. The van der Waals surface area contributed by atoms with Gasteiger partial charge < -0.3 is 28.1 Å². The van der Waals surface area contributed by atoms with Gasteiger partial charge >= 0.3 is 12.1 Å². The van der Waals surface area contributed by atoms with Crippen LogP contribution in [0.2, 0.25) is 5.04 Å². The first-order chi connectivity index (χ1) is 32.7. The van der Waals surface area contributed by atoms with Crippen LogP contribution in [0, 0.1) is 0 Å². The fourth-order valence-corrected chi connectivity index (χ4v) is 15.1. The first-order valence-electron chi connectivity index (χ1n) is 22.7. The Balaban J connectivity index is 1.11. The van der Waals surface area contributed by atoms with E-state index in [0.717, 1.165) is 43.1 Å². The van der Waals surface area contributed by atoms with Crippen LogP contribution in [0.4, 0.5) is 4.79 Å². The van der Waals surface area contributed by atoms with E-state index in [0.29, 0.717) is 5.56 Å². The molecule has 0 N–H and O–H groups in total. The minimum absolute atomic E-state index is 0.0304. The van der Waals surface area contributed by atoms with E-state index in [4.69, 9.17) is 28.1 Å². The molecular formula is C57H54O8SSi. The summed E-state index contributed by atoms with van der Waals surface area (Å²) in [7, 11) is -3.13. The van der Waals surface area contributed by atoms with Crippen molar-refractivity contribution in [1.29, 1.82) is 0 Å². The SMILES string of the molecule is CC(C)(C)[Si](OC[C@H]1O[C@@H](Sc2ccccc2)[C@H](OC(=O)c2ccccc2)[C@@H](OC(=O)OCC2c3ccccc3-c3ccccc32)[C@@H]1OCc1ccccc1)(c1ccccc1)c1ccccc1. The molecule has 1 heterocycles. The number of thioether (sulfide) groups is 1. The molecule has 0 aromatic heterocycles. The molecule has 1 saturated heterocycles. The lowest BCUT2D eigenvalue weighted by molar-refractivity contribution is -0.226. The zero-order valence-electron chi connectivity index (χ0n) is 37.8. The summed E-state index contributed by atoms with van der Waals surface area (Å²) in [6.07, 6.45) is -5.12. The second-order valence-corrected chi connectivity index (χ2v) is 23.3. The molecule has 67 heavy (non-hydrogen) atoms. The van der Waals surface area contributed by atoms with Crippen molar-refractivity contribution in [2.45, 2.75) is 73.1 Å². The number of carbonyl (C=O) groups is 2. The summed E-state index contributed by atoms with van der Waals surface area (Å²) < 4.78 is 40.8. The monoisotopic (exact) mass is 926 g/mol. The second-order valence-electron chi connectivity index (χ2n) is 17.8. The van der Waals surface area contributed by atoms with Crippen molar-refractivity contribution in [3.63, 3.8) is 0 Å². The van der Waals surface area contributed by atoms with E-state index in [9.17, 15) is 9.59 Å². The minimum Gasteiger partial charge on any atom is -0.451 e. The summed E-state index contributed by atoms with van der Waals surface area (Å²) in [5.74, 6) is -0.807. The number of carbonyl (C=O) groups excluding carboxylic acids is 2. The van der Waals surface area contributed by atoms with Gasteiger partial charge in [-0.15, -0.1) is 0 Å². The Kier molecular flexibility index (Phi) is 14.2. The van der Waals surface area contributed by atoms with Gasteiger partial charge in [0.05, 0.1) is 18.8 Å². The van der Waals surface area contributed by atoms with Crippen molar-refractivity contribution in [2.75, 3.05) is 13.2 Å². The van der Waals surface area contributed by atoms with Gasteiger partial charge in [0, 0.05) is 10.8 Å². The maximum absolute atomic E-state index is 14.5. The van der Waals surface area contributed by atoms with Gasteiger partial charge in [-0.05, 0) is 67.5 Å². The van der Waals surface area contributed by atoms with Crippen LogP contribution in [0.5, 0.6) is 0 Å². The average Bonchev–Trinajstić information content (AvgIpc) is 3.68. The summed E-state index contributed by atoms with van der Waals surface area (Å²) >= 11 is 1.38. The molecule has 0 bridgehead atoms. The van der Waals surface area contributed by atoms with Crippen molar-refractivity contribution in [1.82, 2.24) is 0 Å². The third-order valence-corrected chi connectivity index (χ3v) is 18.7. The molecule has 7 aromatic carbocycles. The predicted octanol–water partition coefficient (Wildman–Crippen LogP) is 11.2. The van der Waals surface area contributed by atoms with E-state index >= 15 is 0 Å². The number of hydrogen-bond donors (Lipinski definition) is 0. The van der Waals surface area contributed by atoms with Gasteiger partial charge in [0.15, 0.2) is 12.2 Å². The zero-order chi connectivity index (χ0) is 46.2. The third kappa shape index (κ3) is 10.1. The van der Waals surface area contributed by atoms with Gasteiger partial charge in [-0.2, -0.15) is 0 Å². The number of fused-ring (bicyclic) bond motifs is 3. The van der Waals surface area contributed by atoms with Gasteiger partial charge in [-0.3, -0.25) is 0 Å². The second kappa shape index (κ2) is 20.7. The molecule has 10 heteroatoms. The fraction of sp³-hybridized carbons (Fsp3) is 0.228. The molecule has 7 aromatic rings. The predicted molar refractivity (Wildman–Crippen MR) is 265 cm³/mol. The van der Waals surface area contributed by atoms with E-state index in [1.807, 2.05) is 103 Å². The van der Waals surface area contributed by atoms with Crippen LogP contribution < -0.4 is 10.4 Å². The summed E-state index contributed by atoms with van der Waals surface area (Å²) in [4.78, 5) is 29.6. The van der Waals surface area contributed by atoms with E-state index < -0.39 is 50.3 Å². The van der Waals surface area contributed by atoms with Gasteiger partial charge in [0.25, 0.3) is 8.32 Å². The molecule has 0 spiro atoms. The highest BCUT2D eigenvalue weighted by Crippen LogP contribution is 2.45. The van der Waals surface area contributed by atoms with Gasteiger partial charge in [0.1, 0.15) is 24.3 Å². The van der Waals surface area contributed by atoms with Crippen LogP contribution in [-0.2, 0) is 34.7 Å². The Morgan fingerprint density at radius 2 is 1.07 bits per heavy atom. The lowest BCUT2D eigenvalue weighted by Gasteiger charge is -2.47. The third-order valence-electron chi connectivity index (χ3n) is 12.6. The molecule has 1 aliphatic carbocycles. The van der Waals surface area contributed by atoms with E-state index in [1.165, 1.54) is 11.8 Å². The number of rotatable bonds is 15. The Hall–Kier alpha value is -6.27. The molecule has 9 rings (SSSR count). The minimum atomic E-state index is -3.13. The lowest BCUT2D eigenvalue weighted by atomic mass is 9.98. The van der Waals surface area contributed by atoms with Gasteiger partial charge in [-0.25, -0.2) is 9.59 Å². The molecule has 1 aliphatic heterocycles. The molecule has 5 atom stereocenters. The molecule has 0 unspecified atom stereocenters. The lowest BCUT2D eigenvalue weighted by Crippen LogP contribution is -2.68. The summed E-state index contributed by atoms with van der Waals surface area (Å²) in [6.45, 7) is 6.90. The first-order valence-corrected chi connectivity index (χ1v) is 25.5. The summed E-state index contributed by atoms with van der Waals surface area (Å²) in [5.41, 5.74) is 4.71. The molecule has 1 fully saturated rings. The fourth-order valence-electron chi connectivity index (χ4n) is 9.44. The van der Waals surface area contributed by atoms with Crippen molar-refractivity contribution >= 4 is 42.6 Å². The Morgan fingerprint density at radius 1 is 0.567 bits per heavy atom. The van der Waals surface area contributed by atoms with Gasteiger partial charge in [0.2, 0.25) is 0 Å². The smallest absolute Gasteiger partial charge is 0.451 e. The van der Waals surface area contributed by atoms with Crippen molar-refractivity contribution < 1.29 is 37.7 Å². The summed E-state index contributed by atoms with van der Waals surface area (Å²) in [6, 6.07) is 65.5. The molecular weight excluding hydrogens is 873 g/mol. The molecule has 0 radical (unpaired) electrons. The summed E-state index contributed by atoms with van der Waals surface area (Å²) in [5, 5.41) is 1.85. The highest BCUT2D eigenvalue weighted by molar-refractivity contribution is 7.99. The van der Waals surface area contributed by atoms with Crippen LogP contribution in [-0.4, -0.2) is 63.5 Å². The molecule has 0 saturated carbocycles. The maximum Gasteiger partial charge on any atom is 0.508 e. The van der Waals surface area contributed by atoms with Crippen molar-refractivity contribution in [3.05, 3.63) is 222 Å². The van der Waals surface area contributed by atoms with Crippen LogP contribution in [0.1, 0.15) is 53.7 Å². The Morgan fingerprint density at radius 3 is 1.64 bits per heavy atom. The molecule has 2 aliphatic rings. The van der Waals surface area contributed by atoms with E-state index in [1.54, 1.807) is 24.3 Å². The van der Waals surface area contributed by atoms with Gasteiger partial charge in [-0.1, -0.05) is 208 Å². The topological polar surface area (TPSA) is 89.5 Å². The molecule has 8 nitrogen and oxygen atoms in total. The number of ether oxygens (including phenoxy) is 5. The maximum atomic E-state index is 14.5. The number of esters is 1. The molecule has 340 valence electrons. The van der Waals surface area contributed by atoms with E-state index in [-0.39, 0.29) is 30.8 Å². The Labute approximate surface area is 398 Å². The van der Waals surface area contributed by atoms with Crippen LogP contribution >= 0.6 is 11.8 Å². The van der Waals surface area contributed by atoms with E-state index in [2.05, 4.69) is 93.6 Å². The Bertz CT molecular complexity index is 2630. The van der Waals surface area contributed by atoms with Crippen molar-refractivity contribution in [2.24, 2.45) is 0 Å². The number of hydrogen-bond acceptors (Lipinski definition) is 9. The highest BCUT2D eigenvalue weighted by Gasteiger charge is 2.55. The average molecular weight is 927 g/mol. The van der Waals surface area contributed by atoms with Crippen molar-refractivity contribution in [3.8, 4) is 11.1 Å². The van der Waals surface area contributed by atoms with Crippen LogP contribution in [0.3, 0.4) is 0 Å². The zero-order valence-corrected chi connectivity index (χ0v) is 39.6. The van der Waals surface area contributed by atoms with Crippen LogP contribution in [0.15, 0.2) is 205 Å². The highest BCUT2D eigenvalue weighted by atomic mass is 32.2. The number of benzene rings is 7. The quantitative estimate of drug-likeness (QED) is 0.0736. The normalized spacial score (nSPS) is 19.2. The largest absolute Gasteiger partial charge is 0.508 e.